The summed E-state index contributed by atoms with van der Waals surface area (Å²) in [6, 6.07) is 0. The number of amides is 1. The average molecular weight is 239 g/mol. The summed E-state index contributed by atoms with van der Waals surface area (Å²) in [5.74, 6) is 0.0881. The molecule has 0 aromatic heterocycles. The van der Waals surface area contributed by atoms with E-state index in [-0.39, 0.29) is 5.91 Å². The SMILES string of the molecule is CCC1CCCC1(NCCCN=[N+]=[N-])C(N)=O. The summed E-state index contributed by atoms with van der Waals surface area (Å²) in [5, 5.41) is 6.76. The Kier molecular flexibility index (Phi) is 5.25. The molecule has 0 aromatic rings. The Labute approximate surface area is 102 Å². The van der Waals surface area contributed by atoms with Crippen molar-refractivity contribution in [2.75, 3.05) is 13.1 Å². The van der Waals surface area contributed by atoms with Gasteiger partial charge in [0.15, 0.2) is 0 Å². The van der Waals surface area contributed by atoms with Gasteiger partial charge in [-0.15, -0.1) is 0 Å². The molecule has 0 saturated heterocycles. The van der Waals surface area contributed by atoms with Gasteiger partial charge in [-0.2, -0.15) is 0 Å². The van der Waals surface area contributed by atoms with Crippen molar-refractivity contribution in [1.29, 1.82) is 0 Å². The molecule has 6 heteroatoms. The van der Waals surface area contributed by atoms with Crippen LogP contribution in [0.5, 0.6) is 0 Å². The maximum atomic E-state index is 11.7. The van der Waals surface area contributed by atoms with Gasteiger partial charge >= 0.3 is 0 Å². The lowest BCUT2D eigenvalue weighted by molar-refractivity contribution is -0.126. The third-order valence-corrected chi connectivity index (χ3v) is 3.69. The third-order valence-electron chi connectivity index (χ3n) is 3.69. The number of rotatable bonds is 7. The minimum Gasteiger partial charge on any atom is -0.368 e. The molecule has 0 aromatic carbocycles. The highest BCUT2D eigenvalue weighted by molar-refractivity contribution is 5.85. The van der Waals surface area contributed by atoms with Crippen LogP contribution in [0.2, 0.25) is 0 Å². The third kappa shape index (κ3) is 3.11. The van der Waals surface area contributed by atoms with E-state index in [1.54, 1.807) is 0 Å². The van der Waals surface area contributed by atoms with Gasteiger partial charge in [0.25, 0.3) is 0 Å². The number of carbonyl (C=O) groups is 1. The minimum atomic E-state index is -0.537. The van der Waals surface area contributed by atoms with Gasteiger partial charge in [0.05, 0.1) is 0 Å². The van der Waals surface area contributed by atoms with E-state index in [4.69, 9.17) is 11.3 Å². The first-order valence-corrected chi connectivity index (χ1v) is 6.23. The Hall–Kier alpha value is -1.26. The summed E-state index contributed by atoms with van der Waals surface area (Å²) in [6.45, 7) is 3.21. The van der Waals surface area contributed by atoms with Crippen molar-refractivity contribution in [3.63, 3.8) is 0 Å². The summed E-state index contributed by atoms with van der Waals surface area (Å²) in [7, 11) is 0. The molecule has 0 aliphatic heterocycles. The maximum absolute atomic E-state index is 11.7. The van der Waals surface area contributed by atoms with Crippen LogP contribution >= 0.6 is 0 Å². The van der Waals surface area contributed by atoms with E-state index in [1.165, 1.54) is 0 Å². The summed E-state index contributed by atoms with van der Waals surface area (Å²) < 4.78 is 0. The van der Waals surface area contributed by atoms with E-state index in [1.807, 2.05) is 0 Å². The second kappa shape index (κ2) is 6.47. The summed E-state index contributed by atoms with van der Waals surface area (Å²) in [6.07, 6.45) is 4.62. The van der Waals surface area contributed by atoms with Gasteiger partial charge in [0, 0.05) is 11.5 Å². The molecule has 17 heavy (non-hydrogen) atoms. The number of hydrogen-bond donors (Lipinski definition) is 2. The lowest BCUT2D eigenvalue weighted by atomic mass is 9.84. The largest absolute Gasteiger partial charge is 0.368 e. The normalized spacial score (nSPS) is 27.7. The molecule has 1 aliphatic carbocycles. The van der Waals surface area contributed by atoms with Gasteiger partial charge < -0.3 is 11.1 Å². The first kappa shape index (κ1) is 13.8. The second-order valence-electron chi connectivity index (χ2n) is 4.57. The highest BCUT2D eigenvalue weighted by atomic mass is 16.1. The molecule has 1 fully saturated rings. The predicted molar refractivity (Wildman–Crippen MR) is 66.2 cm³/mol. The molecule has 2 unspecified atom stereocenters. The van der Waals surface area contributed by atoms with Crippen molar-refractivity contribution in [2.45, 2.75) is 44.6 Å². The topological polar surface area (TPSA) is 104 Å². The smallest absolute Gasteiger partial charge is 0.238 e. The molecular weight excluding hydrogens is 218 g/mol. The average Bonchev–Trinajstić information content (AvgIpc) is 2.73. The van der Waals surface area contributed by atoms with Crippen LogP contribution in [-0.4, -0.2) is 24.5 Å². The van der Waals surface area contributed by atoms with Crippen LogP contribution in [0.25, 0.3) is 10.4 Å². The van der Waals surface area contributed by atoms with Crippen LogP contribution < -0.4 is 11.1 Å². The molecule has 1 aliphatic rings. The van der Waals surface area contributed by atoms with Crippen LogP contribution in [0, 0.1) is 5.92 Å². The lowest BCUT2D eigenvalue weighted by Crippen LogP contribution is -2.58. The standard InChI is InChI=1S/C11H21N5O/c1-2-9-5-3-6-11(9,10(12)17)14-7-4-8-15-16-13/h9,14H,2-8H2,1H3,(H2,12,17). The van der Waals surface area contributed by atoms with Crippen molar-refractivity contribution in [3.05, 3.63) is 10.4 Å². The van der Waals surface area contributed by atoms with Gasteiger partial charge in [0.1, 0.15) is 5.54 Å². The zero-order chi connectivity index (χ0) is 12.7. The Morgan fingerprint density at radius 2 is 2.47 bits per heavy atom. The quantitative estimate of drug-likeness (QED) is 0.305. The highest BCUT2D eigenvalue weighted by Gasteiger charge is 2.46. The monoisotopic (exact) mass is 239 g/mol. The molecule has 0 bridgehead atoms. The van der Waals surface area contributed by atoms with Crippen molar-refractivity contribution >= 4 is 5.91 Å². The fourth-order valence-electron chi connectivity index (χ4n) is 2.78. The van der Waals surface area contributed by atoms with Crippen LogP contribution in [0.15, 0.2) is 5.11 Å². The highest BCUT2D eigenvalue weighted by Crippen LogP contribution is 2.37. The molecule has 1 rings (SSSR count). The van der Waals surface area contributed by atoms with E-state index < -0.39 is 5.54 Å². The van der Waals surface area contributed by atoms with Gasteiger partial charge in [-0.25, -0.2) is 0 Å². The molecule has 6 nitrogen and oxygen atoms in total. The number of azide groups is 1. The van der Waals surface area contributed by atoms with Crippen LogP contribution in [0.4, 0.5) is 0 Å². The molecule has 96 valence electrons. The van der Waals surface area contributed by atoms with Crippen molar-refractivity contribution in [3.8, 4) is 0 Å². The van der Waals surface area contributed by atoms with Gasteiger partial charge in [-0.3, -0.25) is 4.79 Å². The molecule has 3 N–H and O–H groups in total. The number of carbonyl (C=O) groups excluding carboxylic acids is 1. The van der Waals surface area contributed by atoms with Crippen molar-refractivity contribution in [2.24, 2.45) is 16.8 Å². The fraction of sp³-hybridized carbons (Fsp3) is 0.909. The Balaban J connectivity index is 2.54. The van der Waals surface area contributed by atoms with Gasteiger partial charge in [0.2, 0.25) is 5.91 Å². The van der Waals surface area contributed by atoms with E-state index >= 15 is 0 Å². The molecule has 0 radical (unpaired) electrons. The number of hydrogen-bond acceptors (Lipinski definition) is 3. The molecule has 2 atom stereocenters. The van der Waals surface area contributed by atoms with Crippen LogP contribution in [-0.2, 0) is 4.79 Å². The fourth-order valence-corrected chi connectivity index (χ4v) is 2.78. The number of nitrogens with zero attached hydrogens (tertiary/aromatic N) is 3. The zero-order valence-corrected chi connectivity index (χ0v) is 10.4. The Morgan fingerprint density at radius 3 is 3.06 bits per heavy atom. The molecule has 1 amide bonds. The van der Waals surface area contributed by atoms with Gasteiger partial charge in [-0.05, 0) is 37.3 Å². The van der Waals surface area contributed by atoms with Crippen molar-refractivity contribution < 1.29 is 4.79 Å². The number of nitrogens with two attached hydrogens (primary N) is 1. The summed E-state index contributed by atoms with van der Waals surface area (Å²) in [5.41, 5.74) is 13.2. The zero-order valence-electron chi connectivity index (χ0n) is 10.4. The van der Waals surface area contributed by atoms with Gasteiger partial charge in [-0.1, -0.05) is 24.9 Å². The first-order chi connectivity index (χ1) is 8.17. The summed E-state index contributed by atoms with van der Waals surface area (Å²) >= 11 is 0. The predicted octanol–water partition coefficient (Wildman–Crippen LogP) is 1.71. The molecule has 0 spiro atoms. The number of primary amides is 1. The minimum absolute atomic E-state index is 0.245. The van der Waals surface area contributed by atoms with Crippen LogP contribution in [0.3, 0.4) is 0 Å². The van der Waals surface area contributed by atoms with Crippen LogP contribution in [0.1, 0.15) is 39.0 Å². The molecule has 0 heterocycles. The maximum Gasteiger partial charge on any atom is 0.238 e. The second-order valence-corrected chi connectivity index (χ2v) is 4.57. The Morgan fingerprint density at radius 1 is 1.71 bits per heavy atom. The van der Waals surface area contributed by atoms with E-state index in [0.29, 0.717) is 19.0 Å². The lowest BCUT2D eigenvalue weighted by Gasteiger charge is -2.33. The van der Waals surface area contributed by atoms with E-state index in [9.17, 15) is 4.79 Å². The summed E-state index contributed by atoms with van der Waals surface area (Å²) in [4.78, 5) is 14.4. The Bertz CT molecular complexity index is 313. The van der Waals surface area contributed by atoms with Crippen molar-refractivity contribution in [1.82, 2.24) is 5.32 Å². The van der Waals surface area contributed by atoms with E-state index in [0.717, 1.165) is 32.1 Å². The first-order valence-electron chi connectivity index (χ1n) is 6.23. The molecule has 1 saturated carbocycles. The number of nitrogens with one attached hydrogen (secondary N) is 1. The van der Waals surface area contributed by atoms with E-state index in [2.05, 4.69) is 22.3 Å². The molecular formula is C11H21N5O.